The Morgan fingerprint density at radius 3 is 2.41 bits per heavy atom. The first-order valence-corrected chi connectivity index (χ1v) is 5.94. The van der Waals surface area contributed by atoms with Crippen LogP contribution in [-0.2, 0) is 4.74 Å². The first kappa shape index (κ1) is 11.7. The van der Waals surface area contributed by atoms with Gasteiger partial charge < -0.3 is 9.47 Å². The Kier molecular flexibility index (Phi) is 3.44. The van der Waals surface area contributed by atoms with Crippen molar-refractivity contribution < 1.29 is 14.3 Å². The molecule has 0 unspecified atom stereocenters. The number of esters is 1. The average molecular weight is 248 g/mol. The van der Waals surface area contributed by atoms with E-state index in [2.05, 4.69) is 4.74 Å². The summed E-state index contributed by atoms with van der Waals surface area (Å²) < 4.78 is 9.77. The minimum absolute atomic E-state index is 0.297. The highest BCUT2D eigenvalue weighted by Crippen LogP contribution is 2.27. The molecule has 17 heavy (non-hydrogen) atoms. The van der Waals surface area contributed by atoms with Crippen LogP contribution in [0.4, 0.5) is 0 Å². The maximum absolute atomic E-state index is 11.3. The van der Waals surface area contributed by atoms with Crippen molar-refractivity contribution in [3.63, 3.8) is 0 Å². The van der Waals surface area contributed by atoms with E-state index in [-0.39, 0.29) is 5.97 Å². The third-order valence-electron chi connectivity index (χ3n) is 2.41. The highest BCUT2D eigenvalue weighted by Gasteiger charge is 2.09. The number of methoxy groups -OCH3 is 2. The second-order valence-corrected chi connectivity index (χ2v) is 4.33. The number of hydrogen-bond acceptors (Lipinski definition) is 4. The highest BCUT2D eigenvalue weighted by atomic mass is 32.1. The standard InChI is InChI=1S/C13H12O3S/c1-15-11-5-3-9(4-6-11)10-7-12(17-8-10)13(14)16-2/h3-8H,1-2H3. The van der Waals surface area contributed by atoms with Gasteiger partial charge in [0, 0.05) is 0 Å². The van der Waals surface area contributed by atoms with Crippen molar-refractivity contribution in [1.29, 1.82) is 0 Å². The van der Waals surface area contributed by atoms with Crippen LogP contribution in [0, 0.1) is 0 Å². The molecule has 0 amide bonds. The Labute approximate surface area is 104 Å². The summed E-state index contributed by atoms with van der Waals surface area (Å²) in [4.78, 5) is 11.9. The van der Waals surface area contributed by atoms with Crippen molar-refractivity contribution in [3.8, 4) is 16.9 Å². The second-order valence-electron chi connectivity index (χ2n) is 3.42. The first-order valence-electron chi connectivity index (χ1n) is 5.06. The first-order chi connectivity index (χ1) is 8.24. The van der Waals surface area contributed by atoms with Gasteiger partial charge in [-0.05, 0) is 34.7 Å². The van der Waals surface area contributed by atoms with Crippen molar-refractivity contribution >= 4 is 17.3 Å². The average Bonchev–Trinajstić information content (AvgIpc) is 2.87. The molecule has 4 heteroatoms. The summed E-state index contributed by atoms with van der Waals surface area (Å²) in [6.07, 6.45) is 0. The zero-order valence-corrected chi connectivity index (χ0v) is 10.4. The molecule has 1 aromatic carbocycles. The number of benzene rings is 1. The van der Waals surface area contributed by atoms with Crippen LogP contribution in [0.5, 0.6) is 5.75 Å². The molecule has 2 aromatic rings. The zero-order valence-electron chi connectivity index (χ0n) is 9.60. The quantitative estimate of drug-likeness (QED) is 0.782. The molecular weight excluding hydrogens is 236 g/mol. The summed E-state index contributed by atoms with van der Waals surface area (Å²) >= 11 is 1.38. The Hall–Kier alpha value is -1.81. The maximum atomic E-state index is 11.3. The lowest BCUT2D eigenvalue weighted by Gasteiger charge is -2.00. The van der Waals surface area contributed by atoms with Crippen molar-refractivity contribution in [3.05, 3.63) is 40.6 Å². The van der Waals surface area contributed by atoms with E-state index in [1.165, 1.54) is 18.4 Å². The van der Waals surface area contributed by atoms with E-state index in [4.69, 9.17) is 4.74 Å². The van der Waals surface area contributed by atoms with Gasteiger partial charge in [-0.3, -0.25) is 0 Å². The Bertz CT molecular complexity index is 514. The molecule has 0 saturated heterocycles. The fraction of sp³-hybridized carbons (Fsp3) is 0.154. The van der Waals surface area contributed by atoms with E-state index >= 15 is 0 Å². The Morgan fingerprint density at radius 1 is 1.12 bits per heavy atom. The number of thiophene rings is 1. The Morgan fingerprint density at radius 2 is 1.82 bits per heavy atom. The molecule has 0 spiro atoms. The SMILES string of the molecule is COC(=O)c1cc(-c2ccc(OC)cc2)cs1. The summed E-state index contributed by atoms with van der Waals surface area (Å²) in [6, 6.07) is 9.54. The van der Waals surface area contributed by atoms with Gasteiger partial charge in [-0.25, -0.2) is 4.79 Å². The number of hydrogen-bond donors (Lipinski definition) is 0. The molecule has 0 aliphatic rings. The molecule has 0 fully saturated rings. The largest absolute Gasteiger partial charge is 0.497 e. The van der Waals surface area contributed by atoms with Gasteiger partial charge in [-0.15, -0.1) is 11.3 Å². The summed E-state index contributed by atoms with van der Waals surface area (Å²) in [7, 11) is 3.02. The molecule has 2 rings (SSSR count). The summed E-state index contributed by atoms with van der Waals surface area (Å²) in [5, 5.41) is 1.94. The zero-order chi connectivity index (χ0) is 12.3. The number of ether oxygens (including phenoxy) is 2. The minimum atomic E-state index is -0.297. The fourth-order valence-corrected chi connectivity index (χ4v) is 2.31. The van der Waals surface area contributed by atoms with Crippen LogP contribution in [0.3, 0.4) is 0 Å². The maximum Gasteiger partial charge on any atom is 0.348 e. The molecule has 0 aliphatic carbocycles. The molecule has 0 atom stereocenters. The van der Waals surface area contributed by atoms with Crippen LogP contribution in [0.25, 0.3) is 11.1 Å². The highest BCUT2D eigenvalue weighted by molar-refractivity contribution is 7.12. The molecule has 0 N–H and O–H groups in total. The molecule has 0 radical (unpaired) electrons. The van der Waals surface area contributed by atoms with Crippen LogP contribution in [0.1, 0.15) is 9.67 Å². The predicted octanol–water partition coefficient (Wildman–Crippen LogP) is 3.21. The van der Waals surface area contributed by atoms with Crippen molar-refractivity contribution in [2.45, 2.75) is 0 Å². The predicted molar refractivity (Wildman–Crippen MR) is 67.6 cm³/mol. The molecule has 1 heterocycles. The van der Waals surface area contributed by atoms with E-state index < -0.39 is 0 Å². The summed E-state index contributed by atoms with van der Waals surface area (Å²) in [6.45, 7) is 0. The Balaban J connectivity index is 2.27. The molecule has 0 saturated carbocycles. The van der Waals surface area contributed by atoms with E-state index in [0.717, 1.165) is 16.9 Å². The van der Waals surface area contributed by atoms with Gasteiger partial charge in [-0.1, -0.05) is 12.1 Å². The van der Waals surface area contributed by atoms with E-state index in [9.17, 15) is 4.79 Å². The lowest BCUT2D eigenvalue weighted by atomic mass is 10.1. The lowest BCUT2D eigenvalue weighted by Crippen LogP contribution is -1.96. The smallest absolute Gasteiger partial charge is 0.348 e. The second kappa shape index (κ2) is 5.01. The topological polar surface area (TPSA) is 35.5 Å². The monoisotopic (exact) mass is 248 g/mol. The van der Waals surface area contributed by atoms with Gasteiger partial charge in [-0.2, -0.15) is 0 Å². The van der Waals surface area contributed by atoms with E-state index in [1.54, 1.807) is 7.11 Å². The van der Waals surface area contributed by atoms with Gasteiger partial charge in [0.15, 0.2) is 0 Å². The molecule has 0 aliphatic heterocycles. The normalized spacial score (nSPS) is 10.0. The van der Waals surface area contributed by atoms with Crippen LogP contribution in [0.2, 0.25) is 0 Å². The molecule has 0 bridgehead atoms. The van der Waals surface area contributed by atoms with Crippen molar-refractivity contribution in [2.24, 2.45) is 0 Å². The third-order valence-corrected chi connectivity index (χ3v) is 3.32. The lowest BCUT2D eigenvalue weighted by molar-refractivity contribution is 0.0606. The molecular formula is C13H12O3S. The molecule has 88 valence electrons. The minimum Gasteiger partial charge on any atom is -0.497 e. The van der Waals surface area contributed by atoms with E-state index in [0.29, 0.717) is 4.88 Å². The van der Waals surface area contributed by atoms with Crippen molar-refractivity contribution in [2.75, 3.05) is 14.2 Å². The van der Waals surface area contributed by atoms with Crippen LogP contribution >= 0.6 is 11.3 Å². The van der Waals surface area contributed by atoms with Gasteiger partial charge >= 0.3 is 5.97 Å². The summed E-state index contributed by atoms with van der Waals surface area (Å²) in [5.74, 6) is 0.520. The van der Waals surface area contributed by atoms with Crippen molar-refractivity contribution in [1.82, 2.24) is 0 Å². The molecule has 3 nitrogen and oxygen atoms in total. The fourth-order valence-electron chi connectivity index (χ4n) is 1.48. The summed E-state index contributed by atoms with van der Waals surface area (Å²) in [5.41, 5.74) is 2.07. The van der Waals surface area contributed by atoms with Crippen LogP contribution in [0.15, 0.2) is 35.7 Å². The van der Waals surface area contributed by atoms with Gasteiger partial charge in [0.1, 0.15) is 10.6 Å². The van der Waals surface area contributed by atoms with E-state index in [1.807, 2.05) is 35.7 Å². The third kappa shape index (κ3) is 2.47. The number of rotatable bonds is 3. The number of carbonyl (C=O) groups is 1. The van der Waals surface area contributed by atoms with Crippen LogP contribution < -0.4 is 4.74 Å². The van der Waals surface area contributed by atoms with Gasteiger partial charge in [0.05, 0.1) is 14.2 Å². The molecule has 1 aromatic heterocycles. The van der Waals surface area contributed by atoms with Gasteiger partial charge in [0.2, 0.25) is 0 Å². The number of carbonyl (C=O) groups excluding carboxylic acids is 1. The van der Waals surface area contributed by atoms with Crippen LogP contribution in [-0.4, -0.2) is 20.2 Å². The van der Waals surface area contributed by atoms with Gasteiger partial charge in [0.25, 0.3) is 0 Å².